The molecule has 0 aromatic heterocycles. The maximum atomic E-state index is 11.6. The van der Waals surface area contributed by atoms with Crippen molar-refractivity contribution in [3.63, 3.8) is 0 Å². The van der Waals surface area contributed by atoms with Gasteiger partial charge in [0.25, 0.3) is 0 Å². The van der Waals surface area contributed by atoms with Crippen molar-refractivity contribution in [2.45, 2.75) is 18.7 Å². The lowest BCUT2D eigenvalue weighted by Gasteiger charge is -2.13. The van der Waals surface area contributed by atoms with Crippen LogP contribution in [0.2, 0.25) is 5.02 Å². The van der Waals surface area contributed by atoms with Gasteiger partial charge < -0.3 is 0 Å². The van der Waals surface area contributed by atoms with Crippen LogP contribution in [-0.2, 0) is 0 Å². The van der Waals surface area contributed by atoms with E-state index in [1.807, 2.05) is 0 Å². The van der Waals surface area contributed by atoms with Crippen molar-refractivity contribution in [2.75, 3.05) is 0 Å². The van der Waals surface area contributed by atoms with E-state index < -0.39 is 4.87 Å². The summed E-state index contributed by atoms with van der Waals surface area (Å²) in [6, 6.07) is 6.71. The first kappa shape index (κ1) is 10.6. The molecule has 0 N–H and O–H groups in total. The number of Topliss-reactive ketones (excluding diaryl/α,β-unsaturated/α-hetero) is 1. The second-order valence-corrected chi connectivity index (χ2v) is 4.69. The highest BCUT2D eigenvalue weighted by Crippen LogP contribution is 2.20. The molecule has 0 aliphatic heterocycles. The highest BCUT2D eigenvalue weighted by Gasteiger charge is 2.25. The van der Waals surface area contributed by atoms with Crippen molar-refractivity contribution in [1.29, 1.82) is 0 Å². The summed E-state index contributed by atoms with van der Waals surface area (Å²) in [5, 5.41) is 0.615. The molecule has 0 radical (unpaired) electrons. The third kappa shape index (κ3) is 2.71. The topological polar surface area (TPSA) is 17.1 Å². The Kier molecular flexibility index (Phi) is 2.99. The quantitative estimate of drug-likeness (QED) is 0.547. The number of hydrogen-bond donors (Lipinski definition) is 0. The van der Waals surface area contributed by atoms with E-state index in [-0.39, 0.29) is 5.78 Å². The van der Waals surface area contributed by atoms with Gasteiger partial charge in [0.2, 0.25) is 0 Å². The summed E-state index contributed by atoms with van der Waals surface area (Å²) in [4.78, 5) is 10.7. The summed E-state index contributed by atoms with van der Waals surface area (Å²) in [7, 11) is 0. The van der Waals surface area contributed by atoms with Crippen molar-refractivity contribution >= 4 is 29.0 Å². The van der Waals surface area contributed by atoms with Crippen LogP contribution in [0.5, 0.6) is 0 Å². The average molecular weight is 217 g/mol. The monoisotopic (exact) mass is 216 g/mol. The molecule has 0 fully saturated rings. The predicted octanol–water partition coefficient (Wildman–Crippen LogP) is 3.54. The van der Waals surface area contributed by atoms with Crippen LogP contribution in [0.25, 0.3) is 0 Å². The van der Waals surface area contributed by atoms with Crippen LogP contribution >= 0.6 is 23.2 Å². The molecule has 0 saturated carbocycles. The molecule has 0 aliphatic carbocycles. The van der Waals surface area contributed by atoms with Crippen molar-refractivity contribution in [2.24, 2.45) is 0 Å². The van der Waals surface area contributed by atoms with E-state index in [4.69, 9.17) is 23.2 Å². The Hall–Kier alpha value is -0.530. The number of ketones is 1. The van der Waals surface area contributed by atoms with Gasteiger partial charge in [0.15, 0.2) is 5.78 Å². The molecular formula is C10H10Cl2O. The first-order chi connectivity index (χ1) is 5.91. The summed E-state index contributed by atoms with van der Waals surface area (Å²) in [6.07, 6.45) is 0. The zero-order valence-electron chi connectivity index (χ0n) is 7.47. The van der Waals surface area contributed by atoms with E-state index >= 15 is 0 Å². The summed E-state index contributed by atoms with van der Waals surface area (Å²) < 4.78 is 0. The SMILES string of the molecule is CC(C)(Cl)C(=O)c1ccc(Cl)cc1. The van der Waals surface area contributed by atoms with Gasteiger partial charge in [-0.1, -0.05) is 11.6 Å². The van der Waals surface area contributed by atoms with Gasteiger partial charge >= 0.3 is 0 Å². The minimum Gasteiger partial charge on any atom is -0.292 e. The third-order valence-electron chi connectivity index (χ3n) is 1.65. The lowest BCUT2D eigenvalue weighted by atomic mass is 10.0. The summed E-state index contributed by atoms with van der Waals surface area (Å²) in [6.45, 7) is 3.34. The molecule has 0 spiro atoms. The smallest absolute Gasteiger partial charge is 0.183 e. The normalized spacial score (nSPS) is 11.4. The molecule has 0 atom stereocenters. The molecule has 1 aromatic rings. The van der Waals surface area contributed by atoms with E-state index in [1.165, 1.54) is 0 Å². The predicted molar refractivity (Wildman–Crippen MR) is 55.7 cm³/mol. The van der Waals surface area contributed by atoms with Crippen LogP contribution < -0.4 is 0 Å². The molecule has 0 unspecified atom stereocenters. The molecule has 0 amide bonds. The number of benzene rings is 1. The first-order valence-electron chi connectivity index (χ1n) is 3.90. The van der Waals surface area contributed by atoms with Gasteiger partial charge in [0.05, 0.1) is 0 Å². The zero-order valence-corrected chi connectivity index (χ0v) is 8.99. The molecular weight excluding hydrogens is 207 g/mol. The lowest BCUT2D eigenvalue weighted by molar-refractivity contribution is 0.0954. The zero-order chi connectivity index (χ0) is 10.1. The Morgan fingerprint density at radius 2 is 1.69 bits per heavy atom. The van der Waals surface area contributed by atoms with Crippen molar-refractivity contribution in [3.8, 4) is 0 Å². The minimum atomic E-state index is -0.853. The second-order valence-electron chi connectivity index (χ2n) is 3.31. The summed E-state index contributed by atoms with van der Waals surface area (Å²) in [5.74, 6) is -0.0918. The van der Waals surface area contributed by atoms with Crippen molar-refractivity contribution in [1.82, 2.24) is 0 Å². The number of carbonyl (C=O) groups excluding carboxylic acids is 1. The maximum absolute atomic E-state index is 11.6. The number of rotatable bonds is 2. The van der Waals surface area contributed by atoms with Gasteiger partial charge in [-0.15, -0.1) is 11.6 Å². The lowest BCUT2D eigenvalue weighted by Crippen LogP contribution is -2.24. The molecule has 13 heavy (non-hydrogen) atoms. The maximum Gasteiger partial charge on any atom is 0.183 e. The number of alkyl halides is 1. The fourth-order valence-electron chi connectivity index (χ4n) is 0.944. The molecule has 0 bridgehead atoms. The summed E-state index contributed by atoms with van der Waals surface area (Å²) >= 11 is 11.6. The molecule has 0 aliphatic rings. The fraction of sp³-hybridized carbons (Fsp3) is 0.300. The standard InChI is InChI=1S/C10H10Cl2O/c1-10(2,12)9(13)7-3-5-8(11)6-4-7/h3-6H,1-2H3. The van der Waals surface area contributed by atoms with E-state index in [0.717, 1.165) is 0 Å². The van der Waals surface area contributed by atoms with Gasteiger partial charge in [-0.25, -0.2) is 0 Å². The molecule has 1 nitrogen and oxygen atoms in total. The molecule has 0 heterocycles. The van der Waals surface area contributed by atoms with E-state index in [9.17, 15) is 4.79 Å². The van der Waals surface area contributed by atoms with Crippen LogP contribution in [-0.4, -0.2) is 10.7 Å². The molecule has 70 valence electrons. The number of carbonyl (C=O) groups is 1. The Bertz CT molecular complexity index is 309. The van der Waals surface area contributed by atoms with E-state index in [1.54, 1.807) is 38.1 Å². The van der Waals surface area contributed by atoms with Crippen molar-refractivity contribution < 1.29 is 4.79 Å². The van der Waals surface area contributed by atoms with Crippen molar-refractivity contribution in [3.05, 3.63) is 34.9 Å². The molecule has 0 saturated heterocycles. The van der Waals surface area contributed by atoms with Crippen LogP contribution in [0.3, 0.4) is 0 Å². The largest absolute Gasteiger partial charge is 0.292 e. The van der Waals surface area contributed by atoms with E-state index in [2.05, 4.69) is 0 Å². The summed E-state index contributed by atoms with van der Waals surface area (Å²) in [5.41, 5.74) is 0.587. The molecule has 1 rings (SSSR count). The molecule has 1 aromatic carbocycles. The first-order valence-corrected chi connectivity index (χ1v) is 4.66. The van der Waals surface area contributed by atoms with Gasteiger partial charge in [-0.05, 0) is 38.1 Å². The van der Waals surface area contributed by atoms with Gasteiger partial charge in [0.1, 0.15) is 4.87 Å². The Morgan fingerprint density at radius 3 is 2.08 bits per heavy atom. The third-order valence-corrected chi connectivity index (χ3v) is 2.07. The highest BCUT2D eigenvalue weighted by molar-refractivity contribution is 6.37. The minimum absolute atomic E-state index is 0.0918. The Labute approximate surface area is 87.7 Å². The number of hydrogen-bond acceptors (Lipinski definition) is 1. The Morgan fingerprint density at radius 1 is 1.23 bits per heavy atom. The van der Waals surface area contributed by atoms with Crippen LogP contribution in [0.15, 0.2) is 24.3 Å². The Balaban J connectivity index is 2.97. The fourth-order valence-corrected chi connectivity index (χ4v) is 1.18. The molecule has 3 heteroatoms. The van der Waals surface area contributed by atoms with Gasteiger partial charge in [-0.2, -0.15) is 0 Å². The second kappa shape index (κ2) is 3.69. The van der Waals surface area contributed by atoms with Crippen LogP contribution in [0.4, 0.5) is 0 Å². The highest BCUT2D eigenvalue weighted by atomic mass is 35.5. The van der Waals surface area contributed by atoms with E-state index in [0.29, 0.717) is 10.6 Å². The average Bonchev–Trinajstić information content (AvgIpc) is 2.03. The van der Waals surface area contributed by atoms with Crippen LogP contribution in [0, 0.1) is 0 Å². The van der Waals surface area contributed by atoms with Gasteiger partial charge in [0, 0.05) is 10.6 Å². The van der Waals surface area contributed by atoms with Gasteiger partial charge in [-0.3, -0.25) is 4.79 Å². The van der Waals surface area contributed by atoms with Crippen LogP contribution in [0.1, 0.15) is 24.2 Å². The number of halogens is 2.